The number of piperidine rings is 1. The van der Waals surface area contributed by atoms with Gasteiger partial charge in [0.25, 0.3) is 5.91 Å². The van der Waals surface area contributed by atoms with Gasteiger partial charge in [-0.2, -0.15) is 5.26 Å². The first-order chi connectivity index (χ1) is 16.6. The number of fused-ring (bicyclic) bond motifs is 2. The number of nitriles is 1. The van der Waals surface area contributed by atoms with Gasteiger partial charge in [0.1, 0.15) is 11.9 Å². The Kier molecular flexibility index (Phi) is 6.60. The monoisotopic (exact) mass is 468 g/mol. The number of rotatable bonds is 6. The zero-order valence-electron chi connectivity index (χ0n) is 19.3. The molecule has 172 valence electrons. The van der Waals surface area contributed by atoms with E-state index in [2.05, 4.69) is 54.3 Å². The number of nitrogens with zero attached hydrogens (tertiary/aromatic N) is 2. The molecule has 0 radical (unpaired) electrons. The molecule has 2 heterocycles. The van der Waals surface area contributed by atoms with E-state index < -0.39 is 0 Å². The Labute approximate surface area is 205 Å². The molecule has 5 rings (SSSR count). The lowest BCUT2D eigenvalue weighted by Crippen LogP contribution is -2.49. The third-order valence-corrected chi connectivity index (χ3v) is 7.85. The first-order valence-electron chi connectivity index (χ1n) is 11.9. The SMILES string of the molecule is Cc1cccc(SCc2ccc(C(=O)N3C4CCC3CC(Oc3cccc(C#N)c3)C4)cc2)c1. The summed E-state index contributed by atoms with van der Waals surface area (Å²) >= 11 is 1.82. The lowest BCUT2D eigenvalue weighted by molar-refractivity contribution is 0.0359. The van der Waals surface area contributed by atoms with Crippen molar-refractivity contribution in [2.24, 2.45) is 0 Å². The molecule has 2 aliphatic heterocycles. The van der Waals surface area contributed by atoms with Gasteiger partial charge in [0.15, 0.2) is 0 Å². The minimum Gasteiger partial charge on any atom is -0.490 e. The van der Waals surface area contributed by atoms with Crippen molar-refractivity contribution in [3.8, 4) is 11.8 Å². The molecule has 2 aliphatic rings. The van der Waals surface area contributed by atoms with Crippen molar-refractivity contribution >= 4 is 17.7 Å². The van der Waals surface area contributed by atoms with Gasteiger partial charge in [-0.05, 0) is 67.8 Å². The Morgan fingerprint density at radius 2 is 1.76 bits per heavy atom. The number of ether oxygens (including phenoxy) is 1. The van der Waals surface area contributed by atoms with Crippen LogP contribution in [0.1, 0.15) is 52.7 Å². The van der Waals surface area contributed by atoms with E-state index in [-0.39, 0.29) is 24.1 Å². The second-order valence-electron chi connectivity index (χ2n) is 9.25. The molecule has 1 amide bonds. The molecule has 2 saturated heterocycles. The molecule has 2 bridgehead atoms. The number of carbonyl (C=O) groups excluding carboxylic acids is 1. The van der Waals surface area contributed by atoms with Crippen LogP contribution in [0.4, 0.5) is 0 Å². The van der Waals surface area contributed by atoms with Crippen LogP contribution in [0.25, 0.3) is 0 Å². The summed E-state index contributed by atoms with van der Waals surface area (Å²) in [6, 6.07) is 26.6. The van der Waals surface area contributed by atoms with Crippen LogP contribution in [0, 0.1) is 18.3 Å². The Morgan fingerprint density at radius 1 is 1.03 bits per heavy atom. The van der Waals surface area contributed by atoms with Crippen LogP contribution in [-0.4, -0.2) is 29.0 Å². The first-order valence-corrected chi connectivity index (χ1v) is 12.9. The standard InChI is InChI=1S/C29H28N2O2S/c1-20-4-2-7-28(14-20)34-19-21-8-10-23(11-9-21)29(32)31-24-12-13-25(31)17-27(16-24)33-26-6-3-5-22(15-26)18-30/h2-11,14-15,24-25,27H,12-13,16-17,19H2,1H3. The fourth-order valence-electron chi connectivity index (χ4n) is 5.15. The predicted molar refractivity (Wildman–Crippen MR) is 135 cm³/mol. The number of thioether (sulfide) groups is 1. The van der Waals surface area contributed by atoms with E-state index in [0.29, 0.717) is 5.56 Å². The number of benzene rings is 3. The average molecular weight is 469 g/mol. The maximum Gasteiger partial charge on any atom is 0.254 e. The number of carbonyl (C=O) groups is 1. The van der Waals surface area contributed by atoms with Gasteiger partial charge in [0, 0.05) is 41.1 Å². The average Bonchev–Trinajstić information content (AvgIpc) is 3.13. The zero-order chi connectivity index (χ0) is 23.5. The molecule has 2 fully saturated rings. The lowest BCUT2D eigenvalue weighted by atomic mass is 9.98. The summed E-state index contributed by atoms with van der Waals surface area (Å²) in [5, 5.41) is 9.12. The molecule has 0 spiro atoms. The Balaban J connectivity index is 1.20. The van der Waals surface area contributed by atoms with E-state index in [1.807, 2.05) is 36.0 Å². The van der Waals surface area contributed by atoms with Crippen molar-refractivity contribution in [2.75, 3.05) is 0 Å². The maximum atomic E-state index is 13.4. The van der Waals surface area contributed by atoms with Gasteiger partial charge in [-0.15, -0.1) is 11.8 Å². The summed E-state index contributed by atoms with van der Waals surface area (Å²) in [4.78, 5) is 16.7. The van der Waals surface area contributed by atoms with Crippen LogP contribution in [-0.2, 0) is 5.75 Å². The number of hydrogen-bond acceptors (Lipinski definition) is 4. The van der Waals surface area contributed by atoms with Crippen LogP contribution in [0.15, 0.2) is 77.7 Å². The van der Waals surface area contributed by atoms with Crippen molar-refractivity contribution in [3.05, 3.63) is 95.1 Å². The molecule has 0 N–H and O–H groups in total. The van der Waals surface area contributed by atoms with Crippen molar-refractivity contribution in [3.63, 3.8) is 0 Å². The number of amides is 1. The molecule has 0 aromatic heterocycles. The van der Waals surface area contributed by atoms with E-state index in [1.54, 1.807) is 12.1 Å². The minimum atomic E-state index is 0.0801. The molecular formula is C29H28N2O2S. The van der Waals surface area contributed by atoms with Gasteiger partial charge in [0.2, 0.25) is 0 Å². The van der Waals surface area contributed by atoms with Crippen molar-refractivity contribution in [1.82, 2.24) is 4.90 Å². The molecule has 4 nitrogen and oxygen atoms in total. The van der Waals surface area contributed by atoms with Crippen LogP contribution in [0.2, 0.25) is 0 Å². The number of hydrogen-bond donors (Lipinski definition) is 0. The maximum absolute atomic E-state index is 13.4. The smallest absolute Gasteiger partial charge is 0.254 e. The van der Waals surface area contributed by atoms with Crippen molar-refractivity contribution in [2.45, 2.75) is 61.4 Å². The quantitative estimate of drug-likeness (QED) is 0.394. The molecule has 2 atom stereocenters. The first kappa shape index (κ1) is 22.6. The van der Waals surface area contributed by atoms with E-state index in [9.17, 15) is 4.79 Å². The molecule has 3 aromatic rings. The predicted octanol–water partition coefficient (Wildman–Crippen LogP) is 6.37. The Bertz CT molecular complexity index is 1200. The highest BCUT2D eigenvalue weighted by Gasteiger charge is 2.44. The second-order valence-corrected chi connectivity index (χ2v) is 10.3. The van der Waals surface area contributed by atoms with Crippen LogP contribution < -0.4 is 4.74 Å². The fraction of sp³-hybridized carbons (Fsp3) is 0.310. The van der Waals surface area contributed by atoms with Crippen molar-refractivity contribution in [1.29, 1.82) is 5.26 Å². The van der Waals surface area contributed by atoms with Crippen LogP contribution in [0.5, 0.6) is 5.75 Å². The molecule has 0 aliphatic carbocycles. The highest BCUT2D eigenvalue weighted by atomic mass is 32.2. The summed E-state index contributed by atoms with van der Waals surface area (Å²) < 4.78 is 6.21. The lowest BCUT2D eigenvalue weighted by Gasteiger charge is -2.39. The van der Waals surface area contributed by atoms with E-state index in [0.717, 1.165) is 42.7 Å². The molecule has 3 aromatic carbocycles. The fourth-order valence-corrected chi connectivity index (χ4v) is 6.12. The van der Waals surface area contributed by atoms with Gasteiger partial charge in [-0.25, -0.2) is 0 Å². The molecule has 5 heteroatoms. The molecular weight excluding hydrogens is 440 g/mol. The third kappa shape index (κ3) is 4.98. The number of aryl methyl sites for hydroxylation is 1. The van der Waals surface area contributed by atoms with Crippen molar-refractivity contribution < 1.29 is 9.53 Å². The van der Waals surface area contributed by atoms with Crippen LogP contribution >= 0.6 is 11.8 Å². The van der Waals surface area contributed by atoms with Gasteiger partial charge in [-0.3, -0.25) is 4.79 Å². The van der Waals surface area contributed by atoms with E-state index >= 15 is 0 Å². The van der Waals surface area contributed by atoms with Gasteiger partial charge < -0.3 is 9.64 Å². The van der Waals surface area contributed by atoms with Gasteiger partial charge in [0.05, 0.1) is 11.6 Å². The third-order valence-electron chi connectivity index (χ3n) is 6.79. The molecule has 2 unspecified atom stereocenters. The summed E-state index contributed by atoms with van der Waals surface area (Å²) in [6.07, 6.45) is 3.81. The molecule has 0 saturated carbocycles. The van der Waals surface area contributed by atoms with Gasteiger partial charge >= 0.3 is 0 Å². The van der Waals surface area contributed by atoms with E-state index in [4.69, 9.17) is 10.00 Å². The summed E-state index contributed by atoms with van der Waals surface area (Å²) in [7, 11) is 0. The van der Waals surface area contributed by atoms with Crippen LogP contribution in [0.3, 0.4) is 0 Å². The van der Waals surface area contributed by atoms with E-state index in [1.165, 1.54) is 16.0 Å². The second kappa shape index (κ2) is 9.95. The highest BCUT2D eigenvalue weighted by Crippen LogP contribution is 2.38. The summed E-state index contributed by atoms with van der Waals surface area (Å²) in [5.41, 5.74) is 3.86. The normalized spacial score (nSPS) is 21.2. The summed E-state index contributed by atoms with van der Waals surface area (Å²) in [6.45, 7) is 2.11. The topological polar surface area (TPSA) is 53.3 Å². The highest BCUT2D eigenvalue weighted by molar-refractivity contribution is 7.98. The largest absolute Gasteiger partial charge is 0.490 e. The zero-order valence-corrected chi connectivity index (χ0v) is 20.1. The van der Waals surface area contributed by atoms with Gasteiger partial charge in [-0.1, -0.05) is 35.9 Å². The molecule has 34 heavy (non-hydrogen) atoms. The Morgan fingerprint density at radius 3 is 2.47 bits per heavy atom. The summed E-state index contributed by atoms with van der Waals surface area (Å²) in [5.74, 6) is 1.76. The Hall–Kier alpha value is -3.23. The minimum absolute atomic E-state index is 0.0801.